The highest BCUT2D eigenvalue weighted by atomic mass is 32.1. The summed E-state index contributed by atoms with van der Waals surface area (Å²) < 4.78 is 0. The number of rotatable bonds is 5. The van der Waals surface area contributed by atoms with Crippen LogP contribution in [0.25, 0.3) is 0 Å². The van der Waals surface area contributed by atoms with E-state index in [1.165, 1.54) is 24.2 Å². The molecule has 3 N–H and O–H groups in total. The summed E-state index contributed by atoms with van der Waals surface area (Å²) in [6.45, 7) is 5.10. The Morgan fingerprint density at radius 1 is 1.11 bits per heavy atom. The highest BCUT2D eigenvalue weighted by Gasteiger charge is 2.32. The molecule has 0 saturated carbocycles. The van der Waals surface area contributed by atoms with Crippen molar-refractivity contribution in [3.8, 4) is 0 Å². The fraction of sp³-hybridized carbons (Fsp3) is 0.650. The summed E-state index contributed by atoms with van der Waals surface area (Å²) in [7, 11) is 0. The quantitative estimate of drug-likeness (QED) is 0.784. The molecule has 8 heteroatoms. The monoisotopic (exact) mass is 406 g/mol. The van der Waals surface area contributed by atoms with Crippen LogP contribution < -0.4 is 11.1 Å². The molecule has 1 aromatic rings. The number of hydrogen-bond donors (Lipinski definition) is 2. The van der Waals surface area contributed by atoms with Gasteiger partial charge in [0.2, 0.25) is 11.8 Å². The highest BCUT2D eigenvalue weighted by molar-refractivity contribution is 7.14. The Hall–Kier alpha value is -1.93. The minimum atomic E-state index is -0.544. The molecule has 1 aromatic heterocycles. The Kier molecular flexibility index (Phi) is 7.07. The molecule has 2 aliphatic heterocycles. The predicted octanol–water partition coefficient (Wildman–Crippen LogP) is 2.29. The minimum Gasteiger partial charge on any atom is -0.366 e. The Bertz CT molecular complexity index is 704. The van der Waals surface area contributed by atoms with E-state index in [-0.39, 0.29) is 17.9 Å². The summed E-state index contributed by atoms with van der Waals surface area (Å²) in [6.07, 6.45) is 6.24. The SMILES string of the molecule is CC(C(=O)Nc1sccc1C(N)=O)N1CCC(C(=O)N2CCCCCC2)CC1. The zero-order valence-corrected chi connectivity index (χ0v) is 17.3. The number of carbonyl (C=O) groups is 3. The number of amides is 3. The number of likely N-dealkylation sites (tertiary alicyclic amines) is 2. The van der Waals surface area contributed by atoms with Gasteiger partial charge in [-0.3, -0.25) is 19.3 Å². The maximum atomic E-state index is 12.8. The number of hydrogen-bond acceptors (Lipinski definition) is 5. The molecule has 0 spiro atoms. The van der Waals surface area contributed by atoms with Crippen LogP contribution in [0.2, 0.25) is 0 Å². The first kappa shape index (κ1) is 20.8. The van der Waals surface area contributed by atoms with Gasteiger partial charge >= 0.3 is 0 Å². The fourth-order valence-corrected chi connectivity index (χ4v) is 4.86. The molecular formula is C20H30N4O3S. The Morgan fingerprint density at radius 2 is 1.75 bits per heavy atom. The smallest absolute Gasteiger partial charge is 0.251 e. The van der Waals surface area contributed by atoms with Crippen molar-refractivity contribution >= 4 is 34.1 Å². The van der Waals surface area contributed by atoms with E-state index in [1.807, 2.05) is 11.8 Å². The van der Waals surface area contributed by atoms with Crippen molar-refractivity contribution in [1.82, 2.24) is 9.80 Å². The number of thiophene rings is 1. The number of carbonyl (C=O) groups excluding carboxylic acids is 3. The average Bonchev–Trinajstić information content (AvgIpc) is 2.99. The molecule has 0 bridgehead atoms. The van der Waals surface area contributed by atoms with Gasteiger partial charge in [0.25, 0.3) is 5.91 Å². The normalized spacial score (nSPS) is 20.4. The van der Waals surface area contributed by atoms with Crippen LogP contribution in [-0.2, 0) is 9.59 Å². The van der Waals surface area contributed by atoms with Gasteiger partial charge in [-0.1, -0.05) is 12.8 Å². The molecule has 0 radical (unpaired) electrons. The third kappa shape index (κ3) is 4.91. The number of nitrogens with one attached hydrogen (secondary N) is 1. The second kappa shape index (κ2) is 9.52. The van der Waals surface area contributed by atoms with Crippen LogP contribution >= 0.6 is 11.3 Å². The van der Waals surface area contributed by atoms with E-state index < -0.39 is 5.91 Å². The lowest BCUT2D eigenvalue weighted by Crippen LogP contribution is -2.48. The van der Waals surface area contributed by atoms with Gasteiger partial charge in [-0.2, -0.15) is 0 Å². The summed E-state index contributed by atoms with van der Waals surface area (Å²) in [5, 5.41) is 5.06. The van der Waals surface area contributed by atoms with Crippen LogP contribution in [-0.4, -0.2) is 59.7 Å². The number of piperidine rings is 1. The number of nitrogens with zero attached hydrogens (tertiary/aromatic N) is 2. The molecule has 7 nitrogen and oxygen atoms in total. The van der Waals surface area contributed by atoms with Crippen LogP contribution in [0.1, 0.15) is 55.8 Å². The lowest BCUT2D eigenvalue weighted by molar-refractivity contribution is -0.137. The van der Waals surface area contributed by atoms with Crippen LogP contribution in [0, 0.1) is 5.92 Å². The van der Waals surface area contributed by atoms with Gasteiger partial charge in [-0.05, 0) is 57.1 Å². The van der Waals surface area contributed by atoms with Gasteiger partial charge < -0.3 is 16.0 Å². The molecule has 2 fully saturated rings. The maximum absolute atomic E-state index is 12.8. The lowest BCUT2D eigenvalue weighted by Gasteiger charge is -2.36. The summed E-state index contributed by atoms with van der Waals surface area (Å²) >= 11 is 1.29. The summed E-state index contributed by atoms with van der Waals surface area (Å²) in [5.74, 6) is -0.328. The summed E-state index contributed by atoms with van der Waals surface area (Å²) in [4.78, 5) is 41.0. The zero-order valence-electron chi connectivity index (χ0n) is 16.5. The highest BCUT2D eigenvalue weighted by Crippen LogP contribution is 2.25. The zero-order chi connectivity index (χ0) is 20.1. The Morgan fingerprint density at radius 3 is 2.36 bits per heavy atom. The third-order valence-electron chi connectivity index (χ3n) is 5.89. The van der Waals surface area contributed by atoms with Crippen molar-refractivity contribution in [2.45, 2.75) is 51.5 Å². The molecule has 0 aromatic carbocycles. The Balaban J connectivity index is 1.51. The van der Waals surface area contributed by atoms with Crippen LogP contribution in [0.5, 0.6) is 0 Å². The molecule has 2 saturated heterocycles. The van der Waals surface area contributed by atoms with E-state index in [1.54, 1.807) is 11.4 Å². The van der Waals surface area contributed by atoms with Crippen LogP contribution in [0.15, 0.2) is 11.4 Å². The van der Waals surface area contributed by atoms with Crippen LogP contribution in [0.4, 0.5) is 5.00 Å². The standard InChI is InChI=1S/C20H30N4O3S/c1-14(18(26)22-19-16(17(21)25)8-13-28-19)23-11-6-15(7-12-23)20(27)24-9-4-2-3-5-10-24/h8,13-15H,2-7,9-12H2,1H3,(H2,21,25)(H,22,26). The van der Waals surface area contributed by atoms with E-state index in [9.17, 15) is 14.4 Å². The molecule has 2 aliphatic rings. The van der Waals surface area contributed by atoms with Gasteiger partial charge in [0.15, 0.2) is 0 Å². The molecule has 3 heterocycles. The average molecular weight is 407 g/mol. The van der Waals surface area contributed by atoms with Crippen molar-refractivity contribution in [3.63, 3.8) is 0 Å². The molecular weight excluding hydrogens is 376 g/mol. The van der Waals surface area contributed by atoms with Crippen LogP contribution in [0.3, 0.4) is 0 Å². The molecule has 1 unspecified atom stereocenters. The van der Waals surface area contributed by atoms with E-state index >= 15 is 0 Å². The van der Waals surface area contributed by atoms with Gasteiger partial charge in [0.05, 0.1) is 11.6 Å². The van der Waals surface area contributed by atoms with Gasteiger partial charge in [-0.15, -0.1) is 11.3 Å². The van der Waals surface area contributed by atoms with E-state index in [0.717, 1.165) is 51.9 Å². The molecule has 3 rings (SSSR count). The molecule has 3 amide bonds. The van der Waals surface area contributed by atoms with Crippen molar-refractivity contribution in [2.75, 3.05) is 31.5 Å². The van der Waals surface area contributed by atoms with E-state index in [4.69, 9.17) is 5.73 Å². The topological polar surface area (TPSA) is 95.7 Å². The fourth-order valence-electron chi connectivity index (χ4n) is 4.07. The van der Waals surface area contributed by atoms with Crippen molar-refractivity contribution in [1.29, 1.82) is 0 Å². The Labute approximate surface area is 170 Å². The molecule has 1 atom stereocenters. The van der Waals surface area contributed by atoms with Crippen molar-refractivity contribution in [3.05, 3.63) is 17.0 Å². The first-order valence-electron chi connectivity index (χ1n) is 10.2. The predicted molar refractivity (Wildman–Crippen MR) is 110 cm³/mol. The second-order valence-electron chi connectivity index (χ2n) is 7.74. The van der Waals surface area contributed by atoms with E-state index in [0.29, 0.717) is 16.5 Å². The second-order valence-corrected chi connectivity index (χ2v) is 8.66. The molecule has 28 heavy (non-hydrogen) atoms. The molecule has 154 valence electrons. The van der Waals surface area contributed by atoms with E-state index in [2.05, 4.69) is 10.2 Å². The van der Waals surface area contributed by atoms with Gasteiger partial charge in [0.1, 0.15) is 5.00 Å². The van der Waals surface area contributed by atoms with Gasteiger partial charge in [-0.25, -0.2) is 0 Å². The molecule has 0 aliphatic carbocycles. The lowest BCUT2D eigenvalue weighted by atomic mass is 9.94. The van der Waals surface area contributed by atoms with Crippen molar-refractivity contribution in [2.24, 2.45) is 11.7 Å². The number of nitrogens with two attached hydrogens (primary N) is 1. The largest absolute Gasteiger partial charge is 0.366 e. The van der Waals surface area contributed by atoms with Crippen molar-refractivity contribution < 1.29 is 14.4 Å². The summed E-state index contributed by atoms with van der Waals surface area (Å²) in [6, 6.07) is 1.30. The number of anilines is 1. The first-order valence-corrected chi connectivity index (χ1v) is 11.1. The van der Waals surface area contributed by atoms with Gasteiger partial charge in [0, 0.05) is 19.0 Å². The number of primary amides is 1. The maximum Gasteiger partial charge on any atom is 0.251 e. The third-order valence-corrected chi connectivity index (χ3v) is 6.72. The first-order chi connectivity index (χ1) is 13.5. The minimum absolute atomic E-state index is 0.0726. The summed E-state index contributed by atoms with van der Waals surface area (Å²) in [5.41, 5.74) is 5.68.